The number of hydrogen-bond donors (Lipinski definition) is 1. The Morgan fingerprint density at radius 3 is 3.06 bits per heavy atom. The molecule has 1 aliphatic rings. The van der Waals surface area contributed by atoms with Crippen LogP contribution in [0.1, 0.15) is 24.6 Å². The van der Waals surface area contributed by atoms with Gasteiger partial charge in [0.1, 0.15) is 6.54 Å². The average Bonchev–Trinajstić information content (AvgIpc) is 2.96. The monoisotopic (exact) mass is 247 g/mol. The van der Waals surface area contributed by atoms with Crippen LogP contribution in [0, 0.1) is 6.92 Å². The molecule has 2 aromatic rings. The Hall–Kier alpha value is -2.25. The van der Waals surface area contributed by atoms with Gasteiger partial charge in [-0.1, -0.05) is 5.10 Å². The van der Waals surface area contributed by atoms with Gasteiger partial charge >= 0.3 is 0 Å². The van der Waals surface area contributed by atoms with E-state index in [9.17, 15) is 4.79 Å². The van der Waals surface area contributed by atoms with Gasteiger partial charge in [0.2, 0.25) is 11.9 Å². The minimum Gasteiger partial charge on any atom is -0.292 e. The SMILES string of the molecule is Cc1ccnn1CC(=O)Nc1nnnn1C1CC1. The second-order valence-electron chi connectivity index (χ2n) is 4.36. The Morgan fingerprint density at radius 2 is 2.39 bits per heavy atom. The Labute approximate surface area is 103 Å². The van der Waals surface area contributed by atoms with Crippen LogP contribution in [0.5, 0.6) is 0 Å². The lowest BCUT2D eigenvalue weighted by Crippen LogP contribution is -2.22. The summed E-state index contributed by atoms with van der Waals surface area (Å²) in [4.78, 5) is 11.8. The lowest BCUT2D eigenvalue weighted by atomic mass is 10.5. The maximum absolute atomic E-state index is 11.8. The summed E-state index contributed by atoms with van der Waals surface area (Å²) < 4.78 is 3.29. The summed E-state index contributed by atoms with van der Waals surface area (Å²) in [6, 6.07) is 2.18. The highest BCUT2D eigenvalue weighted by molar-refractivity contribution is 5.88. The van der Waals surface area contributed by atoms with Crippen LogP contribution < -0.4 is 5.32 Å². The van der Waals surface area contributed by atoms with E-state index in [-0.39, 0.29) is 12.5 Å². The molecule has 1 aliphatic carbocycles. The summed E-state index contributed by atoms with van der Waals surface area (Å²) in [6.07, 6.45) is 3.79. The van der Waals surface area contributed by atoms with E-state index >= 15 is 0 Å². The molecule has 0 radical (unpaired) electrons. The number of anilines is 1. The summed E-state index contributed by atoms with van der Waals surface area (Å²) in [5.41, 5.74) is 0.937. The average molecular weight is 247 g/mol. The van der Waals surface area contributed by atoms with E-state index in [1.54, 1.807) is 15.6 Å². The number of amides is 1. The molecule has 1 amide bonds. The third kappa shape index (κ3) is 2.08. The summed E-state index contributed by atoms with van der Waals surface area (Å²) in [6.45, 7) is 2.06. The van der Waals surface area contributed by atoms with Gasteiger partial charge in [-0.05, 0) is 36.3 Å². The van der Waals surface area contributed by atoms with Crippen molar-refractivity contribution in [2.75, 3.05) is 5.32 Å². The van der Waals surface area contributed by atoms with Gasteiger partial charge in [0.15, 0.2) is 0 Å². The number of aryl methyl sites for hydroxylation is 1. The molecular weight excluding hydrogens is 234 g/mol. The number of carbonyl (C=O) groups excluding carboxylic acids is 1. The molecule has 0 aliphatic heterocycles. The van der Waals surface area contributed by atoms with Crippen molar-refractivity contribution in [3.63, 3.8) is 0 Å². The predicted octanol–water partition coefficient (Wildman–Crippen LogP) is 0.152. The van der Waals surface area contributed by atoms with Crippen molar-refractivity contribution in [1.82, 2.24) is 30.0 Å². The number of carbonyl (C=O) groups is 1. The van der Waals surface area contributed by atoms with Crippen LogP contribution in [0.25, 0.3) is 0 Å². The highest BCUT2D eigenvalue weighted by Crippen LogP contribution is 2.35. The molecule has 0 atom stereocenters. The van der Waals surface area contributed by atoms with Crippen LogP contribution in [-0.2, 0) is 11.3 Å². The molecule has 3 rings (SSSR count). The van der Waals surface area contributed by atoms with Crippen molar-refractivity contribution >= 4 is 11.9 Å². The summed E-state index contributed by atoms with van der Waals surface area (Å²) in [7, 11) is 0. The van der Waals surface area contributed by atoms with E-state index in [2.05, 4.69) is 25.9 Å². The highest BCUT2D eigenvalue weighted by Gasteiger charge is 2.28. The molecule has 18 heavy (non-hydrogen) atoms. The maximum Gasteiger partial charge on any atom is 0.249 e. The van der Waals surface area contributed by atoms with Crippen LogP contribution >= 0.6 is 0 Å². The standard InChI is InChI=1S/C10H13N7O/c1-7-4-5-11-16(7)6-9(18)12-10-13-14-15-17(10)8-2-3-8/h4-5,8H,2-3,6H2,1H3,(H,12,13,15,18). The molecule has 0 saturated heterocycles. The molecule has 1 fully saturated rings. The van der Waals surface area contributed by atoms with Gasteiger partial charge in [-0.3, -0.25) is 14.8 Å². The number of rotatable bonds is 4. The zero-order chi connectivity index (χ0) is 12.5. The Morgan fingerprint density at radius 1 is 1.56 bits per heavy atom. The molecule has 0 unspecified atom stereocenters. The van der Waals surface area contributed by atoms with E-state index in [4.69, 9.17) is 0 Å². The van der Waals surface area contributed by atoms with E-state index in [1.165, 1.54) is 0 Å². The molecule has 0 spiro atoms. The lowest BCUT2D eigenvalue weighted by Gasteiger charge is -2.06. The molecule has 2 heterocycles. The summed E-state index contributed by atoms with van der Waals surface area (Å²) in [5.74, 6) is 0.228. The van der Waals surface area contributed by atoms with E-state index < -0.39 is 0 Å². The molecule has 1 N–H and O–H groups in total. The fraction of sp³-hybridized carbons (Fsp3) is 0.500. The fourth-order valence-corrected chi connectivity index (χ4v) is 1.71. The van der Waals surface area contributed by atoms with Crippen molar-refractivity contribution in [2.24, 2.45) is 0 Å². The number of hydrogen-bond acceptors (Lipinski definition) is 5. The van der Waals surface area contributed by atoms with Crippen LogP contribution in [0.15, 0.2) is 12.3 Å². The first-order chi connectivity index (χ1) is 8.74. The minimum atomic E-state index is -0.182. The lowest BCUT2D eigenvalue weighted by molar-refractivity contribution is -0.117. The van der Waals surface area contributed by atoms with Gasteiger partial charge in [-0.25, -0.2) is 4.68 Å². The molecule has 0 bridgehead atoms. The van der Waals surface area contributed by atoms with Crippen LogP contribution in [-0.4, -0.2) is 35.9 Å². The largest absolute Gasteiger partial charge is 0.292 e. The van der Waals surface area contributed by atoms with Crippen molar-refractivity contribution in [3.05, 3.63) is 18.0 Å². The topological polar surface area (TPSA) is 90.5 Å². The molecule has 8 heteroatoms. The first-order valence-electron chi connectivity index (χ1n) is 5.80. The van der Waals surface area contributed by atoms with Gasteiger partial charge in [-0.2, -0.15) is 5.10 Å². The van der Waals surface area contributed by atoms with Crippen LogP contribution in [0.2, 0.25) is 0 Å². The van der Waals surface area contributed by atoms with Crippen molar-refractivity contribution in [3.8, 4) is 0 Å². The molecule has 0 aromatic carbocycles. The fourth-order valence-electron chi connectivity index (χ4n) is 1.71. The highest BCUT2D eigenvalue weighted by atomic mass is 16.2. The second kappa shape index (κ2) is 4.21. The molecule has 2 aromatic heterocycles. The first-order valence-corrected chi connectivity index (χ1v) is 5.80. The third-order valence-corrected chi connectivity index (χ3v) is 2.86. The molecule has 8 nitrogen and oxygen atoms in total. The Kier molecular flexibility index (Phi) is 2.54. The van der Waals surface area contributed by atoms with E-state index in [0.29, 0.717) is 12.0 Å². The van der Waals surface area contributed by atoms with Crippen molar-refractivity contribution in [2.45, 2.75) is 32.4 Å². The van der Waals surface area contributed by atoms with Crippen LogP contribution in [0.4, 0.5) is 5.95 Å². The molecular formula is C10H13N7O. The summed E-state index contributed by atoms with van der Waals surface area (Å²) in [5, 5.41) is 18.0. The molecule has 94 valence electrons. The quantitative estimate of drug-likeness (QED) is 0.830. The van der Waals surface area contributed by atoms with E-state index in [1.807, 2.05) is 13.0 Å². The zero-order valence-corrected chi connectivity index (χ0v) is 9.94. The Bertz CT molecular complexity index is 568. The normalized spacial score (nSPS) is 14.7. The second-order valence-corrected chi connectivity index (χ2v) is 4.36. The van der Waals surface area contributed by atoms with Gasteiger partial charge in [0.25, 0.3) is 0 Å². The number of aromatic nitrogens is 6. The number of tetrazole rings is 1. The van der Waals surface area contributed by atoms with Gasteiger partial charge < -0.3 is 0 Å². The number of nitrogens with zero attached hydrogens (tertiary/aromatic N) is 6. The van der Waals surface area contributed by atoms with Crippen molar-refractivity contribution < 1.29 is 4.79 Å². The third-order valence-electron chi connectivity index (χ3n) is 2.86. The smallest absolute Gasteiger partial charge is 0.249 e. The van der Waals surface area contributed by atoms with Gasteiger partial charge in [-0.15, -0.1) is 0 Å². The van der Waals surface area contributed by atoms with E-state index in [0.717, 1.165) is 18.5 Å². The molecule has 1 saturated carbocycles. The number of nitrogens with one attached hydrogen (secondary N) is 1. The minimum absolute atomic E-state index is 0.163. The predicted molar refractivity (Wildman–Crippen MR) is 61.7 cm³/mol. The van der Waals surface area contributed by atoms with Gasteiger partial charge in [0.05, 0.1) is 6.04 Å². The van der Waals surface area contributed by atoms with Crippen LogP contribution in [0.3, 0.4) is 0 Å². The summed E-state index contributed by atoms with van der Waals surface area (Å²) >= 11 is 0. The van der Waals surface area contributed by atoms with Crippen molar-refractivity contribution in [1.29, 1.82) is 0 Å². The maximum atomic E-state index is 11.8. The van der Waals surface area contributed by atoms with Gasteiger partial charge in [0, 0.05) is 11.9 Å². The Balaban J connectivity index is 1.67. The zero-order valence-electron chi connectivity index (χ0n) is 9.94. The first kappa shape index (κ1) is 10.9.